The van der Waals surface area contributed by atoms with Crippen molar-refractivity contribution < 1.29 is 9.59 Å². The number of amides is 4. The van der Waals surface area contributed by atoms with Gasteiger partial charge >= 0.3 is 12.1 Å². The highest BCUT2D eigenvalue weighted by atomic mass is 16.2. The molecule has 0 aliphatic carbocycles. The van der Waals surface area contributed by atoms with E-state index in [9.17, 15) is 9.59 Å². The van der Waals surface area contributed by atoms with Crippen molar-refractivity contribution in [2.24, 2.45) is 0 Å². The van der Waals surface area contributed by atoms with Crippen molar-refractivity contribution >= 4 is 12.1 Å². The number of hydrogen-bond donors (Lipinski definition) is 2. The van der Waals surface area contributed by atoms with Crippen LogP contribution in [-0.4, -0.2) is 22.1 Å². The molecule has 0 saturated carbocycles. The number of nitrogens with zero attached hydrogens (tertiary/aromatic N) is 2. The number of rotatable bonds is 2. The molecule has 4 amide bonds. The second-order valence-electron chi connectivity index (χ2n) is 5.21. The standard InChI is InChI=1S/C16H14N4O2/c21-15-17-13(11-7-3-1-4-8-11)19-16(22)18-14(20(15)19)12-9-5-2-6-10-12/h1-10,13-14H,(H,17,21)(H,18,22)/t13-,14+. The molecule has 0 bridgehead atoms. The Morgan fingerprint density at radius 1 is 0.636 bits per heavy atom. The van der Waals surface area contributed by atoms with Crippen LogP contribution in [0.3, 0.4) is 0 Å². The zero-order valence-corrected chi connectivity index (χ0v) is 11.6. The lowest BCUT2D eigenvalue weighted by Gasteiger charge is -2.24. The van der Waals surface area contributed by atoms with Crippen LogP contribution in [0.15, 0.2) is 60.7 Å². The molecule has 110 valence electrons. The van der Waals surface area contributed by atoms with Gasteiger partial charge in [0.15, 0.2) is 12.3 Å². The van der Waals surface area contributed by atoms with E-state index >= 15 is 0 Å². The second kappa shape index (κ2) is 4.77. The molecule has 2 aromatic carbocycles. The number of hydrogen-bond acceptors (Lipinski definition) is 2. The minimum Gasteiger partial charge on any atom is -0.310 e. The Labute approximate surface area is 127 Å². The van der Waals surface area contributed by atoms with E-state index < -0.39 is 12.3 Å². The highest BCUT2D eigenvalue weighted by molar-refractivity contribution is 5.88. The smallest absolute Gasteiger partial charge is 0.310 e. The van der Waals surface area contributed by atoms with E-state index in [-0.39, 0.29) is 12.1 Å². The summed E-state index contributed by atoms with van der Waals surface area (Å²) in [7, 11) is 0. The van der Waals surface area contributed by atoms with Crippen LogP contribution in [-0.2, 0) is 0 Å². The predicted molar refractivity (Wildman–Crippen MR) is 79.1 cm³/mol. The third kappa shape index (κ3) is 1.81. The molecule has 2 N–H and O–H groups in total. The molecule has 2 fully saturated rings. The second-order valence-corrected chi connectivity index (χ2v) is 5.21. The highest BCUT2D eigenvalue weighted by Gasteiger charge is 2.51. The first-order valence-electron chi connectivity index (χ1n) is 7.05. The molecule has 0 unspecified atom stereocenters. The third-order valence-corrected chi connectivity index (χ3v) is 3.89. The van der Waals surface area contributed by atoms with Crippen LogP contribution in [0.5, 0.6) is 0 Å². The van der Waals surface area contributed by atoms with Gasteiger partial charge in [0.2, 0.25) is 0 Å². The molecule has 0 aromatic heterocycles. The number of nitrogens with one attached hydrogen (secondary N) is 2. The van der Waals surface area contributed by atoms with Gasteiger partial charge < -0.3 is 10.6 Å². The van der Waals surface area contributed by atoms with E-state index in [2.05, 4.69) is 10.6 Å². The van der Waals surface area contributed by atoms with Crippen LogP contribution < -0.4 is 10.6 Å². The zero-order valence-electron chi connectivity index (χ0n) is 11.6. The molecule has 2 saturated heterocycles. The fourth-order valence-electron chi connectivity index (χ4n) is 2.89. The van der Waals surface area contributed by atoms with Gasteiger partial charge in [-0.3, -0.25) is 0 Å². The average molecular weight is 294 g/mol. The minimum absolute atomic E-state index is 0.291. The maximum atomic E-state index is 12.3. The Morgan fingerprint density at radius 2 is 1.00 bits per heavy atom. The van der Waals surface area contributed by atoms with Gasteiger partial charge in [-0.05, 0) is 11.1 Å². The van der Waals surface area contributed by atoms with Gasteiger partial charge in [-0.2, -0.15) is 0 Å². The van der Waals surface area contributed by atoms with Gasteiger partial charge in [0.1, 0.15) is 0 Å². The van der Waals surface area contributed by atoms with Crippen molar-refractivity contribution in [3.8, 4) is 0 Å². The van der Waals surface area contributed by atoms with Crippen LogP contribution in [0.4, 0.5) is 9.59 Å². The minimum atomic E-state index is -0.484. The molecule has 0 spiro atoms. The van der Waals surface area contributed by atoms with Gasteiger partial charge in [-0.1, -0.05) is 60.7 Å². The summed E-state index contributed by atoms with van der Waals surface area (Å²) in [6.45, 7) is 0. The summed E-state index contributed by atoms with van der Waals surface area (Å²) in [6, 6.07) is 18.3. The number of urea groups is 2. The van der Waals surface area contributed by atoms with Crippen molar-refractivity contribution in [3.63, 3.8) is 0 Å². The summed E-state index contributed by atoms with van der Waals surface area (Å²) in [5.74, 6) is 0. The van der Waals surface area contributed by atoms with Crippen molar-refractivity contribution in [3.05, 3.63) is 71.8 Å². The summed E-state index contributed by atoms with van der Waals surface area (Å²) in [5, 5.41) is 8.59. The first kappa shape index (κ1) is 12.7. The SMILES string of the molecule is O=C1N[C@@H](c2ccccc2)N2C(=O)N[C@H](c3ccccc3)N12. The number of hydrazine groups is 1. The average Bonchev–Trinajstić information content (AvgIpc) is 3.09. The number of fused-ring (bicyclic) bond motifs is 1. The van der Waals surface area contributed by atoms with E-state index in [1.807, 2.05) is 60.7 Å². The third-order valence-electron chi connectivity index (χ3n) is 3.89. The molecule has 2 atom stereocenters. The van der Waals surface area contributed by atoms with E-state index in [1.54, 1.807) is 0 Å². The molecule has 22 heavy (non-hydrogen) atoms. The number of carbonyl (C=O) groups excluding carboxylic acids is 2. The van der Waals surface area contributed by atoms with Crippen molar-refractivity contribution in [2.45, 2.75) is 12.3 Å². The first-order valence-corrected chi connectivity index (χ1v) is 7.05. The highest BCUT2D eigenvalue weighted by Crippen LogP contribution is 2.36. The van der Waals surface area contributed by atoms with Gasteiger partial charge in [0.05, 0.1) is 0 Å². The molecule has 6 nitrogen and oxygen atoms in total. The largest absolute Gasteiger partial charge is 0.340 e. The van der Waals surface area contributed by atoms with E-state index in [0.717, 1.165) is 11.1 Å². The molecule has 6 heteroatoms. The normalized spacial score (nSPS) is 23.3. The monoisotopic (exact) mass is 294 g/mol. The van der Waals surface area contributed by atoms with Gasteiger partial charge in [0.25, 0.3) is 0 Å². The Morgan fingerprint density at radius 3 is 1.36 bits per heavy atom. The van der Waals surface area contributed by atoms with Crippen LogP contribution >= 0.6 is 0 Å². The van der Waals surface area contributed by atoms with Crippen LogP contribution in [0, 0.1) is 0 Å². The molecule has 2 heterocycles. The predicted octanol–water partition coefficient (Wildman–Crippen LogP) is 2.35. The topological polar surface area (TPSA) is 64.7 Å². The lowest BCUT2D eigenvalue weighted by Crippen LogP contribution is -2.36. The maximum Gasteiger partial charge on any atom is 0.340 e. The van der Waals surface area contributed by atoms with E-state index in [4.69, 9.17) is 0 Å². The molecule has 2 aliphatic heterocycles. The molecule has 0 radical (unpaired) electrons. The molecular weight excluding hydrogens is 280 g/mol. The van der Waals surface area contributed by atoms with Gasteiger partial charge in [-0.15, -0.1) is 0 Å². The molecule has 2 aromatic rings. The summed E-state index contributed by atoms with van der Waals surface area (Å²) >= 11 is 0. The van der Waals surface area contributed by atoms with E-state index in [1.165, 1.54) is 10.0 Å². The number of carbonyl (C=O) groups is 2. The molecule has 4 rings (SSSR count). The zero-order chi connectivity index (χ0) is 15.1. The maximum absolute atomic E-state index is 12.3. The Bertz CT molecular complexity index is 656. The lowest BCUT2D eigenvalue weighted by molar-refractivity contribution is 0.0672. The van der Waals surface area contributed by atoms with Crippen molar-refractivity contribution in [1.29, 1.82) is 0 Å². The molecular formula is C16H14N4O2. The Balaban J connectivity index is 1.71. The van der Waals surface area contributed by atoms with E-state index in [0.29, 0.717) is 0 Å². The fourth-order valence-corrected chi connectivity index (χ4v) is 2.89. The fraction of sp³-hybridized carbons (Fsp3) is 0.125. The van der Waals surface area contributed by atoms with Gasteiger partial charge in [0, 0.05) is 0 Å². The Hall–Kier alpha value is -3.02. The lowest BCUT2D eigenvalue weighted by atomic mass is 10.2. The van der Waals surface area contributed by atoms with Crippen LogP contribution in [0.2, 0.25) is 0 Å². The molecule has 2 aliphatic rings. The quantitative estimate of drug-likeness (QED) is 0.893. The summed E-state index contributed by atoms with van der Waals surface area (Å²) in [5.41, 5.74) is 1.73. The van der Waals surface area contributed by atoms with Gasteiger partial charge in [-0.25, -0.2) is 19.6 Å². The Kier molecular flexibility index (Phi) is 2.75. The van der Waals surface area contributed by atoms with Crippen molar-refractivity contribution in [2.75, 3.05) is 0 Å². The summed E-state index contributed by atoms with van der Waals surface area (Å²) < 4.78 is 0. The summed E-state index contributed by atoms with van der Waals surface area (Å²) in [6.07, 6.45) is -0.968. The first-order chi connectivity index (χ1) is 10.8. The van der Waals surface area contributed by atoms with Crippen molar-refractivity contribution in [1.82, 2.24) is 20.7 Å². The summed E-state index contributed by atoms with van der Waals surface area (Å²) in [4.78, 5) is 24.7. The van der Waals surface area contributed by atoms with Crippen LogP contribution in [0.25, 0.3) is 0 Å². The number of benzene rings is 2. The van der Waals surface area contributed by atoms with Crippen LogP contribution in [0.1, 0.15) is 23.5 Å².